The molecule has 0 aliphatic carbocycles. The molecule has 0 unspecified atom stereocenters. The van der Waals surface area contributed by atoms with E-state index in [9.17, 15) is 13.2 Å². The molecule has 0 radical (unpaired) electrons. The van der Waals surface area contributed by atoms with Gasteiger partial charge in [0.1, 0.15) is 0 Å². The van der Waals surface area contributed by atoms with Crippen LogP contribution in [0.15, 0.2) is 69.8 Å². The minimum atomic E-state index is -3.55. The van der Waals surface area contributed by atoms with E-state index in [1.165, 1.54) is 50.1 Å². The molecule has 2 aromatic carbocycles. The van der Waals surface area contributed by atoms with Gasteiger partial charge in [0.15, 0.2) is 5.16 Å². The lowest BCUT2D eigenvalue weighted by Gasteiger charge is -2.13. The zero-order chi connectivity index (χ0) is 21.2. The van der Waals surface area contributed by atoms with Gasteiger partial charge in [0.05, 0.1) is 10.6 Å². The van der Waals surface area contributed by atoms with Gasteiger partial charge in [0.25, 0.3) is 5.91 Å². The Labute approximate surface area is 178 Å². The minimum absolute atomic E-state index is 0.118. The number of imidazole rings is 1. The number of carbonyl (C=O) groups is 1. The highest BCUT2D eigenvalue weighted by atomic mass is 35.5. The number of aromatic nitrogens is 2. The van der Waals surface area contributed by atoms with Crippen molar-refractivity contribution in [2.24, 2.45) is 7.05 Å². The number of anilines is 1. The van der Waals surface area contributed by atoms with Crippen molar-refractivity contribution in [3.63, 3.8) is 0 Å². The van der Waals surface area contributed by atoms with Crippen LogP contribution < -0.4 is 5.32 Å². The third kappa shape index (κ3) is 4.81. The Balaban J connectivity index is 1.84. The molecule has 1 heterocycles. The topological polar surface area (TPSA) is 84.3 Å². The minimum Gasteiger partial charge on any atom is -0.329 e. The van der Waals surface area contributed by atoms with Gasteiger partial charge in [-0.05, 0) is 54.2 Å². The Morgan fingerprint density at radius 2 is 1.86 bits per heavy atom. The maximum absolute atomic E-state index is 12.7. The van der Waals surface area contributed by atoms with E-state index >= 15 is 0 Å². The first kappa shape index (κ1) is 21.4. The molecule has 3 aromatic rings. The molecule has 0 spiro atoms. The molecule has 29 heavy (non-hydrogen) atoms. The highest BCUT2D eigenvalue weighted by Crippen LogP contribution is 2.34. The van der Waals surface area contributed by atoms with Crippen LogP contribution in [-0.4, -0.2) is 42.3 Å². The lowest BCUT2D eigenvalue weighted by atomic mass is 10.2. The van der Waals surface area contributed by atoms with Gasteiger partial charge in [-0.15, -0.1) is 0 Å². The highest BCUT2D eigenvalue weighted by Gasteiger charge is 2.18. The summed E-state index contributed by atoms with van der Waals surface area (Å²) < 4.78 is 27.3. The average molecular weight is 451 g/mol. The van der Waals surface area contributed by atoms with Crippen LogP contribution in [0.4, 0.5) is 5.69 Å². The van der Waals surface area contributed by atoms with Crippen molar-refractivity contribution in [2.75, 3.05) is 19.4 Å². The highest BCUT2D eigenvalue weighted by molar-refractivity contribution is 7.99. The zero-order valence-corrected chi connectivity index (χ0v) is 18.3. The summed E-state index contributed by atoms with van der Waals surface area (Å²) in [6.07, 6.45) is 3.53. The average Bonchev–Trinajstić information content (AvgIpc) is 3.08. The molecule has 0 aliphatic rings. The molecular formula is C19H19ClN4O3S2. The Kier molecular flexibility index (Phi) is 6.33. The Morgan fingerprint density at radius 1 is 1.17 bits per heavy atom. The van der Waals surface area contributed by atoms with Gasteiger partial charge in [-0.3, -0.25) is 4.79 Å². The van der Waals surface area contributed by atoms with E-state index in [0.29, 0.717) is 16.3 Å². The quantitative estimate of drug-likeness (QED) is 0.618. The van der Waals surface area contributed by atoms with Gasteiger partial charge in [-0.2, -0.15) is 0 Å². The molecule has 3 rings (SSSR count). The molecule has 152 valence electrons. The maximum Gasteiger partial charge on any atom is 0.255 e. The number of amides is 1. The number of aryl methyl sites for hydroxylation is 1. The van der Waals surface area contributed by atoms with Crippen LogP contribution in [0.1, 0.15) is 10.4 Å². The molecule has 0 saturated carbocycles. The summed E-state index contributed by atoms with van der Waals surface area (Å²) in [7, 11) is 1.24. The van der Waals surface area contributed by atoms with Gasteiger partial charge < -0.3 is 9.88 Å². The summed E-state index contributed by atoms with van der Waals surface area (Å²) in [5, 5.41) is 4.09. The van der Waals surface area contributed by atoms with Crippen LogP contribution in [0.2, 0.25) is 5.02 Å². The lowest BCUT2D eigenvalue weighted by Crippen LogP contribution is -2.22. The molecule has 0 fully saturated rings. The van der Waals surface area contributed by atoms with E-state index in [2.05, 4.69) is 10.3 Å². The first-order chi connectivity index (χ1) is 13.7. The van der Waals surface area contributed by atoms with Crippen molar-refractivity contribution in [3.05, 3.63) is 65.4 Å². The van der Waals surface area contributed by atoms with Crippen molar-refractivity contribution in [1.29, 1.82) is 0 Å². The first-order valence-corrected chi connectivity index (χ1v) is 11.1. The third-order valence-corrected chi connectivity index (χ3v) is 7.28. The van der Waals surface area contributed by atoms with E-state index < -0.39 is 10.0 Å². The number of nitrogens with one attached hydrogen (secondary N) is 1. The smallest absolute Gasteiger partial charge is 0.255 e. The number of rotatable bonds is 6. The van der Waals surface area contributed by atoms with Crippen molar-refractivity contribution in [1.82, 2.24) is 13.9 Å². The van der Waals surface area contributed by atoms with Crippen LogP contribution in [-0.2, 0) is 17.1 Å². The monoisotopic (exact) mass is 450 g/mol. The van der Waals surface area contributed by atoms with E-state index in [1.54, 1.807) is 18.3 Å². The fourth-order valence-electron chi connectivity index (χ4n) is 2.42. The second kappa shape index (κ2) is 8.58. The van der Waals surface area contributed by atoms with Crippen LogP contribution in [0.3, 0.4) is 0 Å². The number of hydrogen-bond acceptors (Lipinski definition) is 5. The maximum atomic E-state index is 12.7. The standard InChI is InChI=1S/C19H19ClN4O3S2/c1-23(2)29(26,27)15-7-4-13(5-8-15)18(25)22-16-12-14(20)6-9-17(16)28-19-21-10-11-24(19)3/h4-12H,1-3H3,(H,22,25). The van der Waals surface area contributed by atoms with Crippen molar-refractivity contribution in [2.45, 2.75) is 14.9 Å². The van der Waals surface area contributed by atoms with Gasteiger partial charge >= 0.3 is 0 Å². The fourth-order valence-corrected chi connectivity index (χ4v) is 4.37. The number of carbonyl (C=O) groups excluding carboxylic acids is 1. The fraction of sp³-hybridized carbons (Fsp3) is 0.158. The SMILES string of the molecule is CN(C)S(=O)(=O)c1ccc(C(=O)Nc2cc(Cl)ccc2Sc2nccn2C)cc1. The molecule has 0 atom stereocenters. The van der Waals surface area contributed by atoms with E-state index in [4.69, 9.17) is 11.6 Å². The van der Waals surface area contributed by atoms with E-state index in [-0.39, 0.29) is 10.8 Å². The normalized spacial score (nSPS) is 11.6. The number of halogens is 1. The molecule has 10 heteroatoms. The van der Waals surface area contributed by atoms with E-state index in [1.807, 2.05) is 23.9 Å². The molecule has 1 amide bonds. The van der Waals surface area contributed by atoms with Gasteiger partial charge in [-0.1, -0.05) is 11.6 Å². The molecule has 1 N–H and O–H groups in total. The molecular weight excluding hydrogens is 432 g/mol. The van der Waals surface area contributed by atoms with Gasteiger partial charge in [-0.25, -0.2) is 17.7 Å². The van der Waals surface area contributed by atoms with Crippen molar-refractivity contribution in [3.8, 4) is 0 Å². The third-order valence-electron chi connectivity index (χ3n) is 4.06. The van der Waals surface area contributed by atoms with Crippen LogP contribution in [0.5, 0.6) is 0 Å². The van der Waals surface area contributed by atoms with Crippen molar-refractivity contribution >= 4 is 45.0 Å². The van der Waals surface area contributed by atoms with E-state index in [0.717, 1.165) is 14.4 Å². The van der Waals surface area contributed by atoms with Crippen LogP contribution >= 0.6 is 23.4 Å². The summed E-state index contributed by atoms with van der Waals surface area (Å²) in [5.74, 6) is -0.372. The first-order valence-electron chi connectivity index (χ1n) is 8.47. The lowest BCUT2D eigenvalue weighted by molar-refractivity contribution is 0.102. The van der Waals surface area contributed by atoms with Gasteiger partial charge in [0, 0.05) is 49.0 Å². The Bertz CT molecular complexity index is 1140. The van der Waals surface area contributed by atoms with Crippen molar-refractivity contribution < 1.29 is 13.2 Å². The number of benzene rings is 2. The molecule has 0 saturated heterocycles. The predicted octanol–water partition coefficient (Wildman–Crippen LogP) is 3.73. The second-order valence-corrected chi connectivity index (χ2v) is 9.93. The van der Waals surface area contributed by atoms with Crippen LogP contribution in [0, 0.1) is 0 Å². The van der Waals surface area contributed by atoms with Crippen LogP contribution in [0.25, 0.3) is 0 Å². The zero-order valence-electron chi connectivity index (χ0n) is 16.0. The molecule has 7 nitrogen and oxygen atoms in total. The predicted molar refractivity (Wildman–Crippen MR) is 114 cm³/mol. The summed E-state index contributed by atoms with van der Waals surface area (Å²) >= 11 is 7.50. The van der Waals surface area contributed by atoms with Gasteiger partial charge in [0.2, 0.25) is 10.0 Å². The summed E-state index contributed by atoms with van der Waals surface area (Å²) in [6, 6.07) is 11.0. The summed E-state index contributed by atoms with van der Waals surface area (Å²) in [5.41, 5.74) is 0.871. The summed E-state index contributed by atoms with van der Waals surface area (Å²) in [6.45, 7) is 0. The number of nitrogens with zero attached hydrogens (tertiary/aromatic N) is 3. The second-order valence-electron chi connectivity index (χ2n) is 6.33. The molecule has 0 bridgehead atoms. The molecule has 1 aromatic heterocycles. The Morgan fingerprint density at radius 3 is 2.45 bits per heavy atom. The molecule has 0 aliphatic heterocycles. The summed E-state index contributed by atoms with van der Waals surface area (Å²) in [4.78, 5) is 17.9. The largest absolute Gasteiger partial charge is 0.329 e. The Hall–Kier alpha value is -2.33. The number of sulfonamides is 1. The number of hydrogen-bond donors (Lipinski definition) is 1.